The number of hydrogen-bond donors (Lipinski definition) is 0. The SMILES string of the molecule is CCN(C(=O)c1cc(-c2cnn(-c3c(OC(F)F)c(C(C)(F)F)nn3C)c2)ccc1Cl)C1CC1. The summed E-state index contributed by atoms with van der Waals surface area (Å²) in [6.45, 7) is -0.338. The Balaban J connectivity index is 1.73. The Hall–Kier alpha value is -3.08. The second kappa shape index (κ2) is 8.94. The zero-order valence-electron chi connectivity index (χ0n) is 18.6. The van der Waals surface area contributed by atoms with Crippen molar-refractivity contribution in [1.82, 2.24) is 24.5 Å². The number of halogens is 5. The third kappa shape index (κ3) is 4.61. The Kier molecular flexibility index (Phi) is 6.32. The van der Waals surface area contributed by atoms with Crippen LogP contribution in [0.2, 0.25) is 5.02 Å². The van der Waals surface area contributed by atoms with E-state index >= 15 is 0 Å². The van der Waals surface area contributed by atoms with Gasteiger partial charge in [0.15, 0.2) is 17.3 Å². The quantitative estimate of drug-likeness (QED) is 0.396. The van der Waals surface area contributed by atoms with Gasteiger partial charge in [-0.2, -0.15) is 27.8 Å². The van der Waals surface area contributed by atoms with E-state index in [9.17, 15) is 22.4 Å². The van der Waals surface area contributed by atoms with Crippen molar-refractivity contribution in [3.8, 4) is 22.7 Å². The molecule has 3 aromatic rings. The second-order valence-electron chi connectivity index (χ2n) is 8.08. The van der Waals surface area contributed by atoms with Crippen LogP contribution in [0.15, 0.2) is 30.6 Å². The lowest BCUT2D eigenvalue weighted by Crippen LogP contribution is -2.33. The minimum atomic E-state index is -3.52. The van der Waals surface area contributed by atoms with Crippen LogP contribution in [0, 0.1) is 0 Å². The van der Waals surface area contributed by atoms with E-state index in [0.29, 0.717) is 35.2 Å². The number of rotatable bonds is 8. The summed E-state index contributed by atoms with van der Waals surface area (Å²) >= 11 is 6.30. The summed E-state index contributed by atoms with van der Waals surface area (Å²) in [5, 5.41) is 8.10. The minimum absolute atomic E-state index is 0.182. The van der Waals surface area contributed by atoms with E-state index in [1.807, 2.05) is 6.92 Å². The Bertz CT molecular complexity index is 1220. The molecule has 0 bridgehead atoms. The lowest BCUT2D eigenvalue weighted by Gasteiger charge is -2.21. The molecule has 2 heterocycles. The Labute approximate surface area is 197 Å². The van der Waals surface area contributed by atoms with Crippen LogP contribution in [-0.4, -0.2) is 49.6 Å². The number of benzene rings is 1. The maximum absolute atomic E-state index is 14.0. The number of carbonyl (C=O) groups excluding carboxylic acids is 1. The third-order valence-electron chi connectivity index (χ3n) is 5.52. The lowest BCUT2D eigenvalue weighted by molar-refractivity contribution is -0.0565. The molecule has 1 aliphatic rings. The van der Waals surface area contributed by atoms with Gasteiger partial charge in [-0.15, -0.1) is 0 Å². The van der Waals surface area contributed by atoms with Gasteiger partial charge >= 0.3 is 6.61 Å². The molecule has 1 saturated carbocycles. The maximum Gasteiger partial charge on any atom is 0.387 e. The van der Waals surface area contributed by atoms with Crippen molar-refractivity contribution in [2.75, 3.05) is 6.54 Å². The van der Waals surface area contributed by atoms with Crippen LogP contribution in [0.1, 0.15) is 42.7 Å². The number of amides is 1. The van der Waals surface area contributed by atoms with Crippen molar-refractivity contribution in [3.63, 3.8) is 0 Å². The molecule has 1 aliphatic carbocycles. The van der Waals surface area contributed by atoms with E-state index in [1.165, 1.54) is 19.4 Å². The summed E-state index contributed by atoms with van der Waals surface area (Å²) in [5.74, 6) is -4.67. The fraction of sp³-hybridized carbons (Fsp3) is 0.409. The second-order valence-corrected chi connectivity index (χ2v) is 8.49. The van der Waals surface area contributed by atoms with Crippen LogP contribution in [-0.2, 0) is 13.0 Å². The number of hydrogen-bond acceptors (Lipinski definition) is 4. The summed E-state index contributed by atoms with van der Waals surface area (Å²) in [7, 11) is 1.32. The van der Waals surface area contributed by atoms with Gasteiger partial charge < -0.3 is 9.64 Å². The predicted octanol–water partition coefficient (Wildman–Crippen LogP) is 5.26. The average Bonchev–Trinajstić information content (AvgIpc) is 3.37. The summed E-state index contributed by atoms with van der Waals surface area (Å²) in [4.78, 5) is 14.8. The molecule has 1 fully saturated rings. The van der Waals surface area contributed by atoms with E-state index in [0.717, 1.165) is 22.2 Å². The predicted molar refractivity (Wildman–Crippen MR) is 117 cm³/mol. The third-order valence-corrected chi connectivity index (χ3v) is 5.85. The molecule has 7 nitrogen and oxygen atoms in total. The summed E-state index contributed by atoms with van der Waals surface area (Å²) in [5.41, 5.74) is 0.497. The van der Waals surface area contributed by atoms with Crippen LogP contribution in [0.5, 0.6) is 5.75 Å². The highest BCUT2D eigenvalue weighted by atomic mass is 35.5. The molecule has 12 heteroatoms. The highest BCUT2D eigenvalue weighted by Gasteiger charge is 2.37. The van der Waals surface area contributed by atoms with Crippen LogP contribution in [0.4, 0.5) is 17.6 Å². The molecule has 2 aromatic heterocycles. The van der Waals surface area contributed by atoms with Crippen LogP contribution >= 0.6 is 11.6 Å². The van der Waals surface area contributed by atoms with E-state index in [2.05, 4.69) is 14.9 Å². The van der Waals surface area contributed by atoms with Gasteiger partial charge in [-0.1, -0.05) is 17.7 Å². The van der Waals surface area contributed by atoms with Crippen LogP contribution in [0.25, 0.3) is 16.9 Å². The standard InChI is InChI=1S/C22H22ClF4N5O2/c1-4-31(14-6-7-14)20(33)15-9-12(5-8-16(15)23)13-10-28-32(11-13)19-17(34-21(24)25)18(22(2,26)27)29-30(19)3/h5,8-11,14,21H,4,6-7H2,1-3H3. The molecule has 0 N–H and O–H groups in total. The van der Waals surface area contributed by atoms with Crippen LogP contribution in [0.3, 0.4) is 0 Å². The number of aromatic nitrogens is 4. The van der Waals surface area contributed by atoms with Gasteiger partial charge in [0.2, 0.25) is 0 Å². The van der Waals surface area contributed by atoms with Crippen molar-refractivity contribution >= 4 is 17.5 Å². The van der Waals surface area contributed by atoms with Crippen molar-refractivity contribution < 1.29 is 27.1 Å². The molecule has 1 aromatic carbocycles. The number of aryl methyl sites for hydroxylation is 1. The van der Waals surface area contributed by atoms with Crippen molar-refractivity contribution in [3.05, 3.63) is 46.9 Å². The zero-order valence-corrected chi connectivity index (χ0v) is 19.4. The molecule has 0 unspecified atom stereocenters. The molecule has 1 amide bonds. The molecule has 34 heavy (non-hydrogen) atoms. The van der Waals surface area contributed by atoms with E-state index in [4.69, 9.17) is 11.6 Å². The van der Waals surface area contributed by atoms with Gasteiger partial charge in [0, 0.05) is 38.3 Å². The van der Waals surface area contributed by atoms with Crippen molar-refractivity contribution in [1.29, 1.82) is 0 Å². The smallest absolute Gasteiger partial charge is 0.387 e. The van der Waals surface area contributed by atoms with Gasteiger partial charge in [0.05, 0.1) is 16.8 Å². The molecule has 0 atom stereocenters. The molecular formula is C22H22ClF4N5O2. The first-order chi connectivity index (χ1) is 16.0. The number of ether oxygens (including phenoxy) is 1. The first-order valence-corrected chi connectivity index (χ1v) is 10.9. The van der Waals surface area contributed by atoms with E-state index in [-0.39, 0.29) is 17.8 Å². The first kappa shape index (κ1) is 24.1. The molecular weight excluding hydrogens is 478 g/mol. The topological polar surface area (TPSA) is 65.2 Å². The first-order valence-electron chi connectivity index (χ1n) is 10.6. The Morgan fingerprint density at radius 3 is 2.62 bits per heavy atom. The Morgan fingerprint density at radius 1 is 1.32 bits per heavy atom. The fourth-order valence-electron chi connectivity index (χ4n) is 3.80. The molecule has 182 valence electrons. The van der Waals surface area contributed by atoms with Gasteiger partial charge in [0.25, 0.3) is 11.8 Å². The lowest BCUT2D eigenvalue weighted by atomic mass is 10.1. The zero-order chi connectivity index (χ0) is 24.8. The molecule has 0 saturated heterocycles. The molecule has 0 radical (unpaired) electrons. The number of nitrogens with zero attached hydrogens (tertiary/aromatic N) is 5. The van der Waals surface area contributed by atoms with Gasteiger partial charge in [-0.05, 0) is 37.5 Å². The normalized spacial score (nSPS) is 14.0. The largest absolute Gasteiger partial charge is 0.428 e. The van der Waals surface area contributed by atoms with E-state index in [1.54, 1.807) is 23.1 Å². The highest BCUT2D eigenvalue weighted by Crippen LogP contribution is 2.39. The minimum Gasteiger partial charge on any atom is -0.428 e. The van der Waals surface area contributed by atoms with Crippen LogP contribution < -0.4 is 4.74 Å². The Morgan fingerprint density at radius 2 is 2.03 bits per heavy atom. The fourth-order valence-corrected chi connectivity index (χ4v) is 4.00. The summed E-state index contributed by atoms with van der Waals surface area (Å²) < 4.78 is 60.5. The highest BCUT2D eigenvalue weighted by molar-refractivity contribution is 6.34. The molecule has 0 aliphatic heterocycles. The van der Waals surface area contributed by atoms with Gasteiger partial charge in [0.1, 0.15) is 0 Å². The maximum atomic E-state index is 14.0. The van der Waals surface area contributed by atoms with Gasteiger partial charge in [-0.25, -0.2) is 9.36 Å². The number of carbonyl (C=O) groups is 1. The summed E-state index contributed by atoms with van der Waals surface area (Å²) in [6, 6.07) is 5.11. The summed E-state index contributed by atoms with van der Waals surface area (Å²) in [6.07, 6.45) is 4.77. The molecule has 4 rings (SSSR count). The number of alkyl halides is 4. The van der Waals surface area contributed by atoms with Gasteiger partial charge in [-0.3, -0.25) is 4.79 Å². The monoisotopic (exact) mass is 499 g/mol. The van der Waals surface area contributed by atoms with Crippen molar-refractivity contribution in [2.45, 2.75) is 45.3 Å². The van der Waals surface area contributed by atoms with E-state index < -0.39 is 24.0 Å². The van der Waals surface area contributed by atoms with Crippen molar-refractivity contribution in [2.24, 2.45) is 7.05 Å². The average molecular weight is 500 g/mol. The molecule has 0 spiro atoms.